The molecule has 0 aromatic heterocycles. The van der Waals surface area contributed by atoms with E-state index < -0.39 is 0 Å². The summed E-state index contributed by atoms with van der Waals surface area (Å²) in [5.74, 6) is 0.0740. The van der Waals surface area contributed by atoms with Crippen molar-refractivity contribution in [2.45, 2.75) is 32.4 Å². The first-order valence-electron chi connectivity index (χ1n) is 9.68. The highest BCUT2D eigenvalue weighted by atomic mass is 16.3. The fourth-order valence-corrected chi connectivity index (χ4v) is 3.63. The number of nitrogens with one attached hydrogen (secondary N) is 1. The quantitative estimate of drug-likeness (QED) is 0.751. The molecule has 2 aromatic rings. The second-order valence-electron chi connectivity index (χ2n) is 7.30. The van der Waals surface area contributed by atoms with Gasteiger partial charge in [-0.2, -0.15) is 0 Å². The van der Waals surface area contributed by atoms with Crippen LogP contribution in [0.5, 0.6) is 5.75 Å². The Hall–Kier alpha value is -2.37. The topological polar surface area (TPSA) is 55.8 Å². The predicted octanol–water partition coefficient (Wildman–Crippen LogP) is 3.33. The third kappa shape index (κ3) is 4.67. The largest absolute Gasteiger partial charge is 0.508 e. The summed E-state index contributed by atoms with van der Waals surface area (Å²) in [6.07, 6.45) is 2.24. The van der Waals surface area contributed by atoms with Crippen LogP contribution in [-0.4, -0.2) is 41.1 Å². The summed E-state index contributed by atoms with van der Waals surface area (Å²) in [4.78, 5) is 15.4. The molecule has 144 valence electrons. The van der Waals surface area contributed by atoms with Crippen LogP contribution < -0.4 is 5.43 Å². The van der Waals surface area contributed by atoms with E-state index in [1.807, 2.05) is 42.5 Å². The lowest BCUT2D eigenvalue weighted by atomic mass is 9.93. The maximum absolute atomic E-state index is 13.2. The molecular formula is C22H29N3O2. The molecule has 5 heteroatoms. The number of aromatic hydroxyl groups is 1. The van der Waals surface area contributed by atoms with Crippen LogP contribution in [0.4, 0.5) is 0 Å². The number of hydrazine groups is 1. The maximum atomic E-state index is 13.2. The number of carbonyl (C=O) groups is 1. The fraction of sp³-hybridized carbons (Fsp3) is 0.409. The lowest BCUT2D eigenvalue weighted by Gasteiger charge is -2.23. The van der Waals surface area contributed by atoms with Gasteiger partial charge >= 0.3 is 0 Å². The molecule has 2 N–H and O–H groups in total. The fourth-order valence-electron chi connectivity index (χ4n) is 3.63. The third-order valence-corrected chi connectivity index (χ3v) is 5.14. The highest BCUT2D eigenvalue weighted by Gasteiger charge is 2.42. The Labute approximate surface area is 161 Å². The highest BCUT2D eigenvalue weighted by Crippen LogP contribution is 2.35. The monoisotopic (exact) mass is 367 g/mol. The van der Waals surface area contributed by atoms with Gasteiger partial charge in [-0.1, -0.05) is 61.9 Å². The van der Waals surface area contributed by atoms with E-state index in [2.05, 4.69) is 24.3 Å². The summed E-state index contributed by atoms with van der Waals surface area (Å²) in [6, 6.07) is 17.0. The van der Waals surface area contributed by atoms with Crippen molar-refractivity contribution < 1.29 is 9.90 Å². The standard InChI is InChI=1S/C22H29N3O2/c1-3-4-14-24(2)16-19-21(18-12-8-9-13-20(18)26)23-25(22(19)27)15-17-10-6-5-7-11-17/h5-13,19,21,23,26H,3-4,14-16H2,1-2H3/t19-,21+/m1/s1. The molecule has 27 heavy (non-hydrogen) atoms. The summed E-state index contributed by atoms with van der Waals surface area (Å²) in [7, 11) is 2.06. The number of nitrogens with zero attached hydrogens (tertiary/aromatic N) is 2. The Morgan fingerprint density at radius 1 is 1.11 bits per heavy atom. The molecule has 1 fully saturated rings. The number of phenols is 1. The first kappa shape index (κ1) is 19.4. The third-order valence-electron chi connectivity index (χ3n) is 5.14. The molecule has 0 bridgehead atoms. The van der Waals surface area contributed by atoms with Gasteiger partial charge in [-0.15, -0.1) is 0 Å². The molecule has 0 spiro atoms. The minimum Gasteiger partial charge on any atom is -0.508 e. The summed E-state index contributed by atoms with van der Waals surface area (Å²) in [5.41, 5.74) is 5.21. The Balaban J connectivity index is 1.82. The lowest BCUT2D eigenvalue weighted by Crippen LogP contribution is -2.35. The van der Waals surface area contributed by atoms with Crippen molar-refractivity contribution in [1.29, 1.82) is 0 Å². The minimum atomic E-state index is -0.233. The van der Waals surface area contributed by atoms with Gasteiger partial charge < -0.3 is 10.0 Å². The molecule has 0 saturated carbocycles. The summed E-state index contributed by atoms with van der Waals surface area (Å²) in [6.45, 7) is 4.31. The average molecular weight is 367 g/mol. The van der Waals surface area contributed by atoms with Crippen molar-refractivity contribution >= 4 is 5.91 Å². The van der Waals surface area contributed by atoms with Crippen molar-refractivity contribution in [2.75, 3.05) is 20.1 Å². The van der Waals surface area contributed by atoms with Crippen molar-refractivity contribution in [3.63, 3.8) is 0 Å². The molecule has 0 unspecified atom stereocenters. The molecule has 5 nitrogen and oxygen atoms in total. The van der Waals surface area contributed by atoms with Crippen LogP contribution in [0.25, 0.3) is 0 Å². The van der Waals surface area contributed by atoms with Gasteiger partial charge in [0.2, 0.25) is 5.91 Å². The van der Waals surface area contributed by atoms with Crippen LogP contribution in [0.1, 0.15) is 36.9 Å². The molecule has 3 rings (SSSR count). The van der Waals surface area contributed by atoms with Crippen molar-refractivity contribution in [3.8, 4) is 5.75 Å². The zero-order chi connectivity index (χ0) is 19.2. The molecule has 1 aliphatic heterocycles. The normalized spacial score (nSPS) is 19.8. The molecule has 2 atom stereocenters. The van der Waals surface area contributed by atoms with Crippen LogP contribution in [0, 0.1) is 5.92 Å². The van der Waals surface area contributed by atoms with E-state index in [4.69, 9.17) is 0 Å². The molecule has 1 aliphatic rings. The highest BCUT2D eigenvalue weighted by molar-refractivity contribution is 5.82. The summed E-state index contributed by atoms with van der Waals surface area (Å²) < 4.78 is 0. The number of hydrogen-bond donors (Lipinski definition) is 2. The van der Waals surface area contributed by atoms with Crippen molar-refractivity contribution in [2.24, 2.45) is 5.92 Å². The Morgan fingerprint density at radius 3 is 2.52 bits per heavy atom. The summed E-state index contributed by atoms with van der Waals surface area (Å²) in [5, 5.41) is 12.0. The first-order chi connectivity index (χ1) is 13.1. The Morgan fingerprint density at radius 2 is 1.81 bits per heavy atom. The van der Waals surface area contributed by atoms with E-state index in [0.29, 0.717) is 13.1 Å². The Bertz CT molecular complexity index is 750. The minimum absolute atomic E-state index is 0.0791. The first-order valence-corrected chi connectivity index (χ1v) is 9.68. The smallest absolute Gasteiger partial charge is 0.243 e. The Kier molecular flexibility index (Phi) is 6.48. The predicted molar refractivity (Wildman–Crippen MR) is 107 cm³/mol. The SMILES string of the molecule is CCCCN(C)C[C@H]1C(=O)N(Cc2ccccc2)N[C@H]1c1ccccc1O. The molecule has 0 aliphatic carbocycles. The number of carbonyl (C=O) groups excluding carboxylic acids is 1. The number of benzene rings is 2. The number of para-hydroxylation sites is 1. The van der Waals surface area contributed by atoms with E-state index >= 15 is 0 Å². The van der Waals surface area contributed by atoms with Gasteiger partial charge in [0.25, 0.3) is 0 Å². The van der Waals surface area contributed by atoms with Gasteiger partial charge in [0, 0.05) is 12.1 Å². The number of amides is 1. The van der Waals surface area contributed by atoms with Crippen LogP contribution in [0.2, 0.25) is 0 Å². The van der Waals surface area contributed by atoms with Gasteiger partial charge in [-0.25, -0.2) is 5.43 Å². The van der Waals surface area contributed by atoms with Crippen molar-refractivity contribution in [1.82, 2.24) is 15.3 Å². The average Bonchev–Trinajstić information content (AvgIpc) is 2.97. The van der Waals surface area contributed by atoms with Crippen molar-refractivity contribution in [3.05, 3.63) is 65.7 Å². The van der Waals surface area contributed by atoms with E-state index in [1.165, 1.54) is 0 Å². The van der Waals surface area contributed by atoms with E-state index in [-0.39, 0.29) is 23.6 Å². The van der Waals surface area contributed by atoms with Gasteiger partial charge in [0.15, 0.2) is 0 Å². The molecule has 0 radical (unpaired) electrons. The number of hydrogen-bond acceptors (Lipinski definition) is 4. The van der Waals surface area contributed by atoms with Crippen LogP contribution in [0.15, 0.2) is 54.6 Å². The lowest BCUT2D eigenvalue weighted by molar-refractivity contribution is -0.133. The molecule has 2 aromatic carbocycles. The maximum Gasteiger partial charge on any atom is 0.243 e. The van der Waals surface area contributed by atoms with Gasteiger partial charge in [0.05, 0.1) is 18.5 Å². The number of phenolic OH excluding ortho intramolecular Hbond substituents is 1. The van der Waals surface area contributed by atoms with Gasteiger partial charge in [-0.3, -0.25) is 9.80 Å². The van der Waals surface area contributed by atoms with Crippen LogP contribution in [-0.2, 0) is 11.3 Å². The van der Waals surface area contributed by atoms with Crippen LogP contribution >= 0.6 is 0 Å². The second-order valence-corrected chi connectivity index (χ2v) is 7.30. The number of unbranched alkanes of at least 4 members (excludes halogenated alkanes) is 1. The van der Waals surface area contributed by atoms with Gasteiger partial charge in [0.1, 0.15) is 5.75 Å². The molecule has 1 saturated heterocycles. The van der Waals surface area contributed by atoms with Gasteiger partial charge in [-0.05, 0) is 31.6 Å². The summed E-state index contributed by atoms with van der Waals surface area (Å²) >= 11 is 0. The zero-order valence-corrected chi connectivity index (χ0v) is 16.1. The molecular weight excluding hydrogens is 338 g/mol. The van der Waals surface area contributed by atoms with E-state index in [1.54, 1.807) is 17.1 Å². The number of rotatable bonds is 8. The van der Waals surface area contributed by atoms with E-state index in [0.717, 1.165) is 30.5 Å². The second kappa shape index (κ2) is 9.02. The van der Waals surface area contributed by atoms with Crippen LogP contribution in [0.3, 0.4) is 0 Å². The van der Waals surface area contributed by atoms with E-state index in [9.17, 15) is 9.90 Å². The zero-order valence-electron chi connectivity index (χ0n) is 16.1. The molecule has 1 amide bonds. The molecule has 1 heterocycles.